The summed E-state index contributed by atoms with van der Waals surface area (Å²) in [4.78, 5) is 0. The maximum atomic E-state index is 2.53. The summed E-state index contributed by atoms with van der Waals surface area (Å²) in [5.41, 5.74) is 49.0. The van der Waals surface area contributed by atoms with Gasteiger partial charge in [0, 0.05) is 104 Å². The van der Waals surface area contributed by atoms with Crippen LogP contribution in [0.25, 0.3) is 215 Å². The molecule has 5 heteroatoms. The van der Waals surface area contributed by atoms with E-state index in [9.17, 15) is 0 Å². The van der Waals surface area contributed by atoms with Crippen molar-refractivity contribution in [3.05, 3.63) is 523 Å². The van der Waals surface area contributed by atoms with E-state index in [2.05, 4.69) is 538 Å². The summed E-state index contributed by atoms with van der Waals surface area (Å²) in [6.07, 6.45) is 0. The highest BCUT2D eigenvalue weighted by molar-refractivity contribution is 6.20. The molecule has 21 aromatic carbocycles. The predicted octanol–water partition coefficient (Wildman–Crippen LogP) is 35.6. The van der Waals surface area contributed by atoms with Gasteiger partial charge in [0.2, 0.25) is 0 Å². The molecule has 0 radical (unpaired) electrons. The van der Waals surface area contributed by atoms with Crippen molar-refractivity contribution in [3.8, 4) is 106 Å². The molecule has 5 heterocycles. The summed E-state index contributed by atoms with van der Waals surface area (Å²) in [5.74, 6) is 0.214. The van der Waals surface area contributed by atoms with Crippen LogP contribution in [-0.4, -0.2) is 22.8 Å². The smallest absolute Gasteiger partial charge is 0.0547 e. The molecule has 30 rings (SSSR count). The second kappa shape index (κ2) is 31.3. The maximum Gasteiger partial charge on any atom is 0.0547 e. The summed E-state index contributed by atoms with van der Waals surface area (Å²) in [6, 6.07) is 175. The van der Waals surface area contributed by atoms with Crippen molar-refractivity contribution in [3.63, 3.8) is 0 Å². The summed E-state index contributed by atoms with van der Waals surface area (Å²) < 4.78 is 12.0. The molecule has 5 nitrogen and oxygen atoms in total. The summed E-state index contributed by atoms with van der Waals surface area (Å²) in [5, 5.41) is 12.8. The predicted molar refractivity (Wildman–Crippen MR) is 593 cm³/mol. The lowest BCUT2D eigenvalue weighted by molar-refractivity contribution is 0.659. The molecule has 1 atom stereocenters. The molecule has 666 valence electrons. The van der Waals surface area contributed by atoms with Crippen LogP contribution in [0.5, 0.6) is 0 Å². The van der Waals surface area contributed by atoms with Gasteiger partial charge in [0.1, 0.15) is 0 Å². The average Bonchev–Trinajstić information content (AvgIpc) is 1.53. The Balaban J connectivity index is 0.000000104. The quantitative estimate of drug-likeness (QED) is 0.138. The minimum Gasteiger partial charge on any atom is -0.309 e. The Morgan fingerprint density at radius 1 is 0.163 bits per heavy atom. The zero-order valence-electron chi connectivity index (χ0n) is 79.3. The fraction of sp³-hybridized carbons (Fsp3) is 0.0735. The van der Waals surface area contributed by atoms with E-state index in [1.807, 2.05) is 0 Å². The number of nitrogens with zero attached hydrogens (tertiary/aromatic N) is 5. The molecule has 141 heavy (non-hydrogen) atoms. The highest BCUT2D eigenvalue weighted by Crippen LogP contribution is 2.59. The molecular formula is C136H97N5. The first-order valence-corrected chi connectivity index (χ1v) is 49.5. The highest BCUT2D eigenvalue weighted by Gasteiger charge is 2.42. The molecule has 4 aliphatic rings. The first-order chi connectivity index (χ1) is 69.2. The van der Waals surface area contributed by atoms with Gasteiger partial charge in [0.15, 0.2) is 0 Å². The Kier molecular flexibility index (Phi) is 18.2. The fourth-order valence-corrected chi connectivity index (χ4v) is 25.2. The number of hydrogen-bond donors (Lipinski definition) is 0. The molecule has 0 spiro atoms. The van der Waals surface area contributed by atoms with Crippen molar-refractivity contribution >= 4 is 109 Å². The topological polar surface area (TPSA) is 24.6 Å². The molecule has 0 aliphatic heterocycles. The van der Waals surface area contributed by atoms with E-state index in [1.54, 1.807) is 0 Å². The van der Waals surface area contributed by atoms with Crippen LogP contribution in [0.3, 0.4) is 0 Å². The van der Waals surface area contributed by atoms with Crippen LogP contribution in [0.1, 0.15) is 97.5 Å². The second-order valence-electron chi connectivity index (χ2n) is 40.5. The average molecular weight is 1800 g/mol. The SMILES string of the molecule is CC1(C)c2ccccc2-c2c1ccc1c2c2cc(-c3ccc4c(c3)c3ccccc3n4-c3ccccc3)ccc2n1-c1ccccc1.CC1(C)c2ccccc2-c2cc3c(cc21)C(c1ccccc1)c1ccc(-c2ccc4c(c2)c2ccccc2n4-c2ccccc2)cc1-3.CC1(C)c2ccccc2-c2cc3c(cc21)c1cc(-c2ccc4c(c2)c2ccccc2n4-c2ccccc2)ccc1n3-c1ccccc1. The maximum absolute atomic E-state index is 2.53. The van der Waals surface area contributed by atoms with Gasteiger partial charge in [0.05, 0.1) is 55.2 Å². The number of hydrogen-bond acceptors (Lipinski definition) is 0. The van der Waals surface area contributed by atoms with E-state index in [0.29, 0.717) is 0 Å². The van der Waals surface area contributed by atoms with Gasteiger partial charge in [0.25, 0.3) is 0 Å². The monoisotopic (exact) mass is 1800 g/mol. The zero-order valence-corrected chi connectivity index (χ0v) is 79.3. The summed E-state index contributed by atoms with van der Waals surface area (Å²) >= 11 is 0. The third kappa shape index (κ3) is 12.4. The van der Waals surface area contributed by atoms with E-state index >= 15 is 0 Å². The van der Waals surface area contributed by atoms with Crippen molar-refractivity contribution in [2.75, 3.05) is 0 Å². The van der Waals surface area contributed by atoms with Crippen molar-refractivity contribution in [2.45, 2.75) is 63.7 Å². The molecule has 0 saturated carbocycles. The van der Waals surface area contributed by atoms with Gasteiger partial charge in [-0.3, -0.25) is 0 Å². The number of benzene rings is 21. The molecule has 26 aromatic rings. The van der Waals surface area contributed by atoms with Crippen LogP contribution in [0.4, 0.5) is 0 Å². The second-order valence-corrected chi connectivity index (χ2v) is 40.5. The first-order valence-electron chi connectivity index (χ1n) is 49.5. The van der Waals surface area contributed by atoms with Crippen molar-refractivity contribution in [1.29, 1.82) is 0 Å². The Hall–Kier alpha value is -17.4. The van der Waals surface area contributed by atoms with Gasteiger partial charge >= 0.3 is 0 Å². The molecule has 0 bridgehead atoms. The molecule has 4 aliphatic carbocycles. The lowest BCUT2D eigenvalue weighted by Gasteiger charge is -2.23. The van der Waals surface area contributed by atoms with Crippen molar-refractivity contribution in [2.24, 2.45) is 0 Å². The lowest BCUT2D eigenvalue weighted by atomic mass is 9.80. The van der Waals surface area contributed by atoms with Gasteiger partial charge in [-0.1, -0.05) is 345 Å². The number of rotatable bonds is 9. The van der Waals surface area contributed by atoms with E-state index in [-0.39, 0.29) is 22.2 Å². The van der Waals surface area contributed by atoms with Crippen molar-refractivity contribution < 1.29 is 0 Å². The van der Waals surface area contributed by atoms with E-state index < -0.39 is 0 Å². The van der Waals surface area contributed by atoms with Gasteiger partial charge in [-0.15, -0.1) is 0 Å². The molecule has 0 N–H and O–H groups in total. The van der Waals surface area contributed by atoms with E-state index in [0.717, 1.165) is 0 Å². The number of aromatic nitrogens is 5. The largest absolute Gasteiger partial charge is 0.309 e. The molecule has 0 amide bonds. The van der Waals surface area contributed by atoms with Gasteiger partial charge in [-0.2, -0.15) is 0 Å². The highest BCUT2D eigenvalue weighted by atomic mass is 15.0. The third-order valence-electron chi connectivity index (χ3n) is 31.9. The van der Waals surface area contributed by atoms with E-state index in [4.69, 9.17) is 0 Å². The Labute approximate surface area is 819 Å². The van der Waals surface area contributed by atoms with Crippen LogP contribution in [-0.2, 0) is 16.2 Å². The minimum atomic E-state index is -0.0586. The summed E-state index contributed by atoms with van der Waals surface area (Å²) in [6.45, 7) is 14.2. The van der Waals surface area contributed by atoms with Gasteiger partial charge in [-0.05, 0) is 298 Å². The zero-order chi connectivity index (χ0) is 93.8. The molecule has 5 aromatic heterocycles. The number of fused-ring (bicyclic) bond motifs is 28. The van der Waals surface area contributed by atoms with Crippen molar-refractivity contribution in [1.82, 2.24) is 22.8 Å². The van der Waals surface area contributed by atoms with E-state index in [1.165, 1.54) is 265 Å². The van der Waals surface area contributed by atoms with Gasteiger partial charge < -0.3 is 22.8 Å². The van der Waals surface area contributed by atoms with Crippen LogP contribution < -0.4 is 0 Å². The first kappa shape index (κ1) is 81.9. The Morgan fingerprint density at radius 2 is 0.454 bits per heavy atom. The lowest BCUT2D eigenvalue weighted by Crippen LogP contribution is -2.15. The molecule has 0 saturated heterocycles. The Morgan fingerprint density at radius 3 is 0.894 bits per heavy atom. The number of para-hydroxylation sites is 8. The molecule has 1 unspecified atom stereocenters. The van der Waals surface area contributed by atoms with Crippen LogP contribution >= 0.6 is 0 Å². The van der Waals surface area contributed by atoms with Crippen LogP contribution in [0.2, 0.25) is 0 Å². The normalized spacial score (nSPS) is 14.1. The van der Waals surface area contributed by atoms with Crippen LogP contribution in [0.15, 0.2) is 473 Å². The molecular weight excluding hydrogens is 1700 g/mol. The minimum absolute atomic E-state index is 0.0313. The van der Waals surface area contributed by atoms with Gasteiger partial charge in [-0.25, -0.2) is 0 Å². The Bertz CT molecular complexity index is 9630. The molecule has 0 fully saturated rings. The third-order valence-corrected chi connectivity index (χ3v) is 31.9. The standard InChI is InChI=1S/C46H33N.2C45H32N2/c1-46(2)41-19-11-9-17-33(41)38-27-37-36-25-30(21-23-35(36)45(40(37)28-42(38)46)29-13-5-3-6-14-29)31-22-24-44-39(26-31)34-18-10-12-20-43(34)47(44)32-15-7-4-8-16-32;1-45(2)37-19-11-9-18-34(37)43-38(45)23-26-42-44(43)36-28-30(22-25-41(36)47(42)32-15-7-4-8-16-32)29-21-24-40-35(27-29)33-17-10-12-20-39(33)46(40)31-13-5-3-6-14-31;1-45(2)39-19-11-9-17-33(39)35-28-44-38(27-40(35)45)37-26-30(22-24-43(37)47(44)32-15-7-4-8-16-32)29-21-23-42-36(25-29)34-18-10-12-20-41(34)46(42)31-13-5-3-6-14-31/h3-28,45H,1-2H3;2*3-28H,1-2H3. The van der Waals surface area contributed by atoms with Crippen LogP contribution in [0, 0.1) is 0 Å². The summed E-state index contributed by atoms with van der Waals surface area (Å²) in [7, 11) is 0. The fourth-order valence-electron chi connectivity index (χ4n) is 25.2.